The van der Waals surface area contributed by atoms with E-state index in [1.807, 2.05) is 0 Å². The molecule has 0 unspecified atom stereocenters. The zero-order chi connectivity index (χ0) is 14.9. The van der Waals surface area contributed by atoms with E-state index in [4.69, 9.17) is 28.9 Å². The van der Waals surface area contributed by atoms with E-state index in [-0.39, 0.29) is 9.92 Å². The van der Waals surface area contributed by atoms with Gasteiger partial charge in [-0.15, -0.1) is 0 Å². The first-order valence-corrected chi connectivity index (χ1v) is 8.41. The van der Waals surface area contributed by atoms with Gasteiger partial charge in [-0.3, -0.25) is 0 Å². The Balaban J connectivity index is 2.30. The summed E-state index contributed by atoms with van der Waals surface area (Å²) in [7, 11) is -3.80. The van der Waals surface area contributed by atoms with Crippen LogP contribution < -0.4 is 5.73 Å². The highest BCUT2D eigenvalue weighted by Gasteiger charge is 2.31. The molecule has 4 nitrogen and oxygen atoms in total. The SMILES string of the molecule is NCC1CCN(S(=O)(=O)c2ccc(Cl)c(F)c2Cl)CC1. The first-order chi connectivity index (χ1) is 9.37. The lowest BCUT2D eigenvalue weighted by molar-refractivity contribution is 0.278. The highest BCUT2D eigenvalue weighted by Crippen LogP contribution is 2.32. The lowest BCUT2D eigenvalue weighted by Gasteiger charge is -2.30. The van der Waals surface area contributed by atoms with Crippen molar-refractivity contribution < 1.29 is 12.8 Å². The average Bonchev–Trinajstić information content (AvgIpc) is 2.44. The summed E-state index contributed by atoms with van der Waals surface area (Å²) >= 11 is 11.4. The summed E-state index contributed by atoms with van der Waals surface area (Å²) in [6, 6.07) is 2.43. The molecular formula is C12H15Cl2FN2O2S. The van der Waals surface area contributed by atoms with Gasteiger partial charge < -0.3 is 5.73 Å². The predicted octanol–water partition coefficient (Wildman–Crippen LogP) is 2.49. The van der Waals surface area contributed by atoms with Crippen LogP contribution in [0, 0.1) is 11.7 Å². The lowest BCUT2D eigenvalue weighted by Crippen LogP contribution is -2.40. The molecule has 1 heterocycles. The molecule has 1 aromatic rings. The summed E-state index contributed by atoms with van der Waals surface area (Å²) in [5, 5.41) is -0.658. The molecule has 1 saturated heterocycles. The van der Waals surface area contributed by atoms with Gasteiger partial charge in [-0.25, -0.2) is 12.8 Å². The molecule has 0 aromatic heterocycles. The molecule has 2 rings (SSSR count). The third-order valence-corrected chi connectivity index (χ3v) is 6.24. The summed E-state index contributed by atoms with van der Waals surface area (Å²) in [6.07, 6.45) is 1.40. The van der Waals surface area contributed by atoms with E-state index in [1.54, 1.807) is 0 Å². The van der Waals surface area contributed by atoms with E-state index >= 15 is 0 Å². The number of nitrogens with zero attached hydrogens (tertiary/aromatic N) is 1. The molecule has 0 aliphatic carbocycles. The number of hydrogen-bond acceptors (Lipinski definition) is 3. The Hall–Kier alpha value is -0.400. The quantitative estimate of drug-likeness (QED) is 0.859. The lowest BCUT2D eigenvalue weighted by atomic mass is 9.99. The number of hydrogen-bond donors (Lipinski definition) is 1. The van der Waals surface area contributed by atoms with Crippen molar-refractivity contribution in [1.29, 1.82) is 0 Å². The second-order valence-electron chi connectivity index (χ2n) is 4.76. The van der Waals surface area contributed by atoms with E-state index in [0.29, 0.717) is 38.4 Å². The fraction of sp³-hybridized carbons (Fsp3) is 0.500. The second-order valence-corrected chi connectivity index (χ2v) is 7.45. The van der Waals surface area contributed by atoms with Gasteiger partial charge in [0, 0.05) is 13.1 Å². The van der Waals surface area contributed by atoms with Gasteiger partial charge in [0.2, 0.25) is 10.0 Å². The number of piperidine rings is 1. The van der Waals surface area contributed by atoms with E-state index in [0.717, 1.165) is 0 Å². The van der Waals surface area contributed by atoms with Crippen LogP contribution >= 0.6 is 23.2 Å². The van der Waals surface area contributed by atoms with Gasteiger partial charge in [-0.1, -0.05) is 23.2 Å². The average molecular weight is 341 g/mol. The molecule has 1 aliphatic heterocycles. The minimum atomic E-state index is -3.80. The summed E-state index contributed by atoms with van der Waals surface area (Å²) in [6.45, 7) is 1.28. The highest BCUT2D eigenvalue weighted by molar-refractivity contribution is 7.89. The van der Waals surface area contributed by atoms with Crippen molar-refractivity contribution in [2.45, 2.75) is 17.7 Å². The van der Waals surface area contributed by atoms with Gasteiger partial charge in [0.1, 0.15) is 4.90 Å². The molecule has 1 aromatic carbocycles. The van der Waals surface area contributed by atoms with Crippen molar-refractivity contribution in [2.75, 3.05) is 19.6 Å². The van der Waals surface area contributed by atoms with E-state index in [1.165, 1.54) is 16.4 Å². The van der Waals surface area contributed by atoms with Gasteiger partial charge in [0.25, 0.3) is 0 Å². The van der Waals surface area contributed by atoms with Gasteiger partial charge >= 0.3 is 0 Å². The Morgan fingerprint density at radius 2 is 1.90 bits per heavy atom. The van der Waals surface area contributed by atoms with E-state index in [2.05, 4.69) is 0 Å². The van der Waals surface area contributed by atoms with Crippen molar-refractivity contribution in [2.24, 2.45) is 11.7 Å². The van der Waals surface area contributed by atoms with Crippen LogP contribution in [0.15, 0.2) is 17.0 Å². The fourth-order valence-electron chi connectivity index (χ4n) is 2.23. The van der Waals surface area contributed by atoms with Gasteiger partial charge in [0.15, 0.2) is 5.82 Å². The maximum absolute atomic E-state index is 13.6. The van der Waals surface area contributed by atoms with Gasteiger partial charge in [0.05, 0.1) is 10.0 Å². The van der Waals surface area contributed by atoms with Crippen LogP contribution in [0.3, 0.4) is 0 Å². The maximum Gasteiger partial charge on any atom is 0.244 e. The Bertz CT molecular complexity index is 602. The third-order valence-electron chi connectivity index (χ3n) is 3.52. The molecule has 0 spiro atoms. The van der Waals surface area contributed by atoms with Crippen molar-refractivity contribution in [3.05, 3.63) is 28.0 Å². The normalized spacial score (nSPS) is 18.4. The largest absolute Gasteiger partial charge is 0.330 e. The minimum absolute atomic E-state index is 0.198. The van der Waals surface area contributed by atoms with Crippen LogP contribution in [0.25, 0.3) is 0 Å². The van der Waals surface area contributed by atoms with Crippen LogP contribution in [0.5, 0.6) is 0 Å². The molecule has 20 heavy (non-hydrogen) atoms. The predicted molar refractivity (Wildman–Crippen MR) is 77.0 cm³/mol. The molecule has 0 saturated carbocycles. The summed E-state index contributed by atoms with van der Waals surface area (Å²) in [5.74, 6) is -0.579. The van der Waals surface area contributed by atoms with E-state index < -0.39 is 20.9 Å². The Kier molecular flexibility index (Phi) is 4.92. The zero-order valence-corrected chi connectivity index (χ0v) is 13.0. The summed E-state index contributed by atoms with van der Waals surface area (Å²) < 4.78 is 39.9. The van der Waals surface area contributed by atoms with Crippen LogP contribution in [0.1, 0.15) is 12.8 Å². The first kappa shape index (κ1) is 16.0. The van der Waals surface area contributed by atoms with E-state index in [9.17, 15) is 12.8 Å². The van der Waals surface area contributed by atoms with Crippen molar-refractivity contribution >= 4 is 33.2 Å². The van der Waals surface area contributed by atoms with Crippen molar-refractivity contribution in [3.8, 4) is 0 Å². The summed E-state index contributed by atoms with van der Waals surface area (Å²) in [4.78, 5) is -0.243. The fourth-order valence-corrected chi connectivity index (χ4v) is 4.42. The maximum atomic E-state index is 13.6. The Morgan fingerprint density at radius 1 is 1.30 bits per heavy atom. The second kappa shape index (κ2) is 6.15. The molecule has 0 bridgehead atoms. The third kappa shape index (κ3) is 2.94. The zero-order valence-electron chi connectivity index (χ0n) is 10.7. The molecule has 1 fully saturated rings. The molecule has 2 N–H and O–H groups in total. The Morgan fingerprint density at radius 3 is 2.45 bits per heavy atom. The van der Waals surface area contributed by atoms with Crippen molar-refractivity contribution in [1.82, 2.24) is 4.31 Å². The molecule has 8 heteroatoms. The topological polar surface area (TPSA) is 63.4 Å². The Labute approximate surface area is 127 Å². The number of benzene rings is 1. The van der Waals surface area contributed by atoms with Gasteiger partial charge in [-0.05, 0) is 37.4 Å². The number of halogens is 3. The van der Waals surface area contributed by atoms with Crippen LogP contribution in [0.4, 0.5) is 4.39 Å². The number of nitrogens with two attached hydrogens (primary N) is 1. The summed E-state index contributed by atoms with van der Waals surface area (Å²) in [5.41, 5.74) is 5.58. The molecule has 0 amide bonds. The van der Waals surface area contributed by atoms with Crippen molar-refractivity contribution in [3.63, 3.8) is 0 Å². The van der Waals surface area contributed by atoms with Gasteiger partial charge in [-0.2, -0.15) is 4.31 Å². The monoisotopic (exact) mass is 340 g/mol. The number of rotatable bonds is 3. The first-order valence-electron chi connectivity index (χ1n) is 6.21. The molecule has 112 valence electrons. The highest BCUT2D eigenvalue weighted by atomic mass is 35.5. The number of sulfonamides is 1. The minimum Gasteiger partial charge on any atom is -0.330 e. The molecule has 0 radical (unpaired) electrons. The van der Waals surface area contributed by atoms with Crippen LogP contribution in [-0.4, -0.2) is 32.4 Å². The molecular weight excluding hydrogens is 326 g/mol. The standard InChI is InChI=1S/C12H15Cl2FN2O2S/c13-9-1-2-10(11(14)12(9)15)20(18,19)17-5-3-8(7-16)4-6-17/h1-2,8H,3-7,16H2. The van der Waals surface area contributed by atoms with Crippen LogP contribution in [0.2, 0.25) is 10.0 Å². The molecule has 0 atom stereocenters. The smallest absolute Gasteiger partial charge is 0.244 e. The molecule has 1 aliphatic rings. The van der Waals surface area contributed by atoms with Crippen LogP contribution in [-0.2, 0) is 10.0 Å².